The quantitative estimate of drug-likeness (QED) is 0.652. The number of benzene rings is 1. The summed E-state index contributed by atoms with van der Waals surface area (Å²) in [7, 11) is 0. The minimum absolute atomic E-state index is 0.157. The maximum atomic E-state index is 13.1. The van der Waals surface area contributed by atoms with Gasteiger partial charge >= 0.3 is 6.09 Å². The number of hydrogen-bond donors (Lipinski definition) is 3. The van der Waals surface area contributed by atoms with Crippen LogP contribution in [0.25, 0.3) is 0 Å². The minimum Gasteiger partial charge on any atom is -0.444 e. The molecule has 0 unspecified atom stereocenters. The molecule has 4 fully saturated rings. The van der Waals surface area contributed by atoms with Gasteiger partial charge in [-0.25, -0.2) is 4.79 Å². The van der Waals surface area contributed by atoms with E-state index in [-0.39, 0.29) is 23.8 Å². The van der Waals surface area contributed by atoms with Crippen LogP contribution in [-0.2, 0) is 14.3 Å². The second kappa shape index (κ2) is 8.17. The Balaban J connectivity index is 1.27. The van der Waals surface area contributed by atoms with Crippen molar-refractivity contribution < 1.29 is 19.1 Å². The molecular weight excluding hydrogens is 394 g/mol. The van der Waals surface area contributed by atoms with E-state index in [9.17, 15) is 14.4 Å². The lowest BCUT2D eigenvalue weighted by Gasteiger charge is -2.55. The first-order chi connectivity index (χ1) is 14.6. The zero-order chi connectivity index (χ0) is 22.2. The van der Waals surface area contributed by atoms with Crippen LogP contribution in [0.1, 0.15) is 59.3 Å². The lowest BCUT2D eigenvalue weighted by molar-refractivity contribution is -0.140. The van der Waals surface area contributed by atoms with Crippen molar-refractivity contribution in [2.75, 3.05) is 17.2 Å². The van der Waals surface area contributed by atoms with Crippen molar-refractivity contribution in [2.45, 2.75) is 64.9 Å². The molecule has 4 saturated carbocycles. The normalized spacial score (nSPS) is 28.7. The fraction of sp³-hybridized carbons (Fsp3) is 0.625. The molecule has 1 aromatic rings. The standard InChI is InChI=1S/C24H33N3O4/c1-23(2,3)31-22(30)25-14-20(28)26-18-4-6-19(7-5-18)27-21(29)24-11-15-8-16(12-24)10-17(9-15)13-24/h4-7,15-17H,8-14H2,1-3H3,(H,25,30)(H,26,28)(H,27,29). The lowest BCUT2D eigenvalue weighted by atomic mass is 9.49. The summed E-state index contributed by atoms with van der Waals surface area (Å²) in [5, 5.41) is 8.27. The summed E-state index contributed by atoms with van der Waals surface area (Å²) < 4.78 is 5.11. The van der Waals surface area contributed by atoms with Crippen LogP contribution < -0.4 is 16.0 Å². The molecule has 4 aliphatic rings. The molecule has 0 saturated heterocycles. The van der Waals surface area contributed by atoms with Gasteiger partial charge < -0.3 is 20.7 Å². The van der Waals surface area contributed by atoms with Crippen LogP contribution in [0.5, 0.6) is 0 Å². The first-order valence-corrected chi connectivity index (χ1v) is 11.3. The van der Waals surface area contributed by atoms with Crippen molar-refractivity contribution in [1.82, 2.24) is 5.32 Å². The van der Waals surface area contributed by atoms with Crippen molar-refractivity contribution in [2.24, 2.45) is 23.2 Å². The van der Waals surface area contributed by atoms with E-state index in [4.69, 9.17) is 4.74 Å². The number of ether oxygens (including phenoxy) is 1. The summed E-state index contributed by atoms with van der Waals surface area (Å²) in [5.74, 6) is 1.98. The summed E-state index contributed by atoms with van der Waals surface area (Å²) in [4.78, 5) is 36.8. The van der Waals surface area contributed by atoms with E-state index in [1.165, 1.54) is 19.3 Å². The van der Waals surface area contributed by atoms with Crippen LogP contribution in [-0.4, -0.2) is 30.1 Å². The zero-order valence-electron chi connectivity index (χ0n) is 18.6. The summed E-state index contributed by atoms with van der Waals surface area (Å²) in [5.41, 5.74) is 0.542. The molecule has 168 valence electrons. The third-order valence-corrected chi connectivity index (χ3v) is 6.74. The molecule has 3 N–H and O–H groups in total. The van der Waals surface area contributed by atoms with Crippen molar-refractivity contribution in [3.05, 3.63) is 24.3 Å². The van der Waals surface area contributed by atoms with Gasteiger partial charge in [0.2, 0.25) is 11.8 Å². The lowest BCUT2D eigenvalue weighted by Crippen LogP contribution is -2.51. The van der Waals surface area contributed by atoms with E-state index < -0.39 is 11.7 Å². The van der Waals surface area contributed by atoms with E-state index in [1.807, 2.05) is 0 Å². The van der Waals surface area contributed by atoms with Gasteiger partial charge in [0.15, 0.2) is 0 Å². The topological polar surface area (TPSA) is 96.5 Å². The monoisotopic (exact) mass is 427 g/mol. The number of anilines is 2. The number of alkyl carbamates (subject to hydrolysis) is 1. The molecule has 31 heavy (non-hydrogen) atoms. The molecule has 0 aromatic heterocycles. The molecule has 7 nitrogen and oxygen atoms in total. The smallest absolute Gasteiger partial charge is 0.408 e. The van der Waals surface area contributed by atoms with Crippen molar-refractivity contribution in [1.29, 1.82) is 0 Å². The average molecular weight is 428 g/mol. The van der Waals surface area contributed by atoms with Gasteiger partial charge in [-0.1, -0.05) is 0 Å². The maximum Gasteiger partial charge on any atom is 0.408 e. The summed E-state index contributed by atoms with van der Waals surface area (Å²) in [6, 6.07) is 7.10. The molecule has 0 radical (unpaired) electrons. The predicted molar refractivity (Wildman–Crippen MR) is 119 cm³/mol. The van der Waals surface area contributed by atoms with E-state index >= 15 is 0 Å². The summed E-state index contributed by atoms with van der Waals surface area (Å²) in [6.45, 7) is 5.10. The fourth-order valence-corrected chi connectivity index (χ4v) is 5.96. The molecule has 5 rings (SSSR count). The number of nitrogens with one attached hydrogen (secondary N) is 3. The third-order valence-electron chi connectivity index (χ3n) is 6.74. The first-order valence-electron chi connectivity index (χ1n) is 11.3. The molecule has 4 bridgehead atoms. The van der Waals surface area contributed by atoms with Gasteiger partial charge in [0.05, 0.1) is 5.41 Å². The Labute approximate surface area is 183 Å². The van der Waals surface area contributed by atoms with Gasteiger partial charge in [0, 0.05) is 11.4 Å². The molecule has 7 heteroatoms. The third kappa shape index (κ3) is 5.20. The van der Waals surface area contributed by atoms with Crippen LogP contribution >= 0.6 is 0 Å². The van der Waals surface area contributed by atoms with Crippen LogP contribution in [0, 0.1) is 23.2 Å². The number of amides is 3. The first kappa shape index (κ1) is 21.7. The van der Waals surface area contributed by atoms with Gasteiger partial charge in [-0.15, -0.1) is 0 Å². The van der Waals surface area contributed by atoms with Gasteiger partial charge in [-0.05, 0) is 101 Å². The summed E-state index contributed by atoms with van der Waals surface area (Å²) >= 11 is 0. The fourth-order valence-electron chi connectivity index (χ4n) is 5.96. The molecule has 0 aliphatic heterocycles. The highest BCUT2D eigenvalue weighted by atomic mass is 16.6. The predicted octanol–water partition coefficient (Wildman–Crippen LogP) is 4.30. The van der Waals surface area contributed by atoms with Crippen molar-refractivity contribution in [3.8, 4) is 0 Å². The average Bonchev–Trinajstić information content (AvgIpc) is 2.65. The number of rotatable bonds is 5. The van der Waals surface area contributed by atoms with Crippen LogP contribution in [0.15, 0.2) is 24.3 Å². The minimum atomic E-state index is -0.634. The second-order valence-corrected chi connectivity index (χ2v) is 10.6. The molecular formula is C24H33N3O4. The molecule has 4 aliphatic carbocycles. The second-order valence-electron chi connectivity index (χ2n) is 10.6. The highest BCUT2D eigenvalue weighted by Gasteiger charge is 2.54. The highest BCUT2D eigenvalue weighted by Crippen LogP contribution is 2.60. The Hall–Kier alpha value is -2.57. The van der Waals surface area contributed by atoms with E-state index in [1.54, 1.807) is 45.0 Å². The molecule has 0 heterocycles. The Kier molecular flexibility index (Phi) is 5.71. The van der Waals surface area contributed by atoms with E-state index in [0.717, 1.165) is 42.7 Å². The van der Waals surface area contributed by atoms with Crippen molar-refractivity contribution >= 4 is 29.3 Å². The number of hydrogen-bond acceptors (Lipinski definition) is 4. The largest absolute Gasteiger partial charge is 0.444 e. The van der Waals surface area contributed by atoms with E-state index in [2.05, 4.69) is 16.0 Å². The SMILES string of the molecule is CC(C)(C)OC(=O)NCC(=O)Nc1ccc(NC(=O)C23CC4CC(CC(C4)C2)C3)cc1. The van der Waals surface area contributed by atoms with Gasteiger partial charge in [-0.3, -0.25) is 9.59 Å². The van der Waals surface area contributed by atoms with E-state index in [0.29, 0.717) is 5.69 Å². The zero-order valence-corrected chi connectivity index (χ0v) is 18.6. The summed E-state index contributed by atoms with van der Waals surface area (Å²) in [6.07, 6.45) is 6.39. The Morgan fingerprint density at radius 1 is 0.903 bits per heavy atom. The number of carbonyl (C=O) groups excluding carboxylic acids is 3. The van der Waals surface area contributed by atoms with Gasteiger partial charge in [0.25, 0.3) is 0 Å². The van der Waals surface area contributed by atoms with Gasteiger partial charge in [-0.2, -0.15) is 0 Å². The number of carbonyl (C=O) groups is 3. The molecule has 3 amide bonds. The Bertz CT molecular complexity index is 821. The van der Waals surface area contributed by atoms with Gasteiger partial charge in [0.1, 0.15) is 12.1 Å². The molecule has 0 spiro atoms. The molecule has 1 aromatic carbocycles. The van der Waals surface area contributed by atoms with Crippen LogP contribution in [0.2, 0.25) is 0 Å². The Morgan fingerprint density at radius 3 is 1.87 bits per heavy atom. The van der Waals surface area contributed by atoms with Crippen LogP contribution in [0.3, 0.4) is 0 Å². The Morgan fingerprint density at radius 2 is 1.39 bits per heavy atom. The molecule has 0 atom stereocenters. The highest BCUT2D eigenvalue weighted by molar-refractivity contribution is 5.97. The van der Waals surface area contributed by atoms with Crippen molar-refractivity contribution in [3.63, 3.8) is 0 Å². The van der Waals surface area contributed by atoms with Crippen LogP contribution in [0.4, 0.5) is 16.2 Å². The maximum absolute atomic E-state index is 13.1.